The number of halogens is 1. The summed E-state index contributed by atoms with van der Waals surface area (Å²) >= 11 is 7.58. The van der Waals surface area contributed by atoms with E-state index in [0.29, 0.717) is 13.0 Å². The van der Waals surface area contributed by atoms with Crippen molar-refractivity contribution in [3.05, 3.63) is 53.4 Å². The summed E-state index contributed by atoms with van der Waals surface area (Å²) in [6, 6.07) is 11.5. The number of rotatable bonds is 7. The van der Waals surface area contributed by atoms with Crippen molar-refractivity contribution in [1.82, 2.24) is 4.90 Å². The Balaban J connectivity index is 1.65. The topological polar surface area (TPSA) is 33.5 Å². The molecule has 0 saturated carbocycles. The maximum atomic E-state index is 12.0. The zero-order valence-electron chi connectivity index (χ0n) is 11.9. The van der Waals surface area contributed by atoms with Crippen molar-refractivity contribution in [2.24, 2.45) is 0 Å². The van der Waals surface area contributed by atoms with Gasteiger partial charge in [0.15, 0.2) is 0 Å². The standard InChI is InChI=1S/C16H18ClNO2S/c1-18(12-14-4-2-10-20-14)16(19)5-3-11-21-15-8-6-13(17)7-9-15/h2,4,6-10H,3,5,11-12H2,1H3. The minimum atomic E-state index is 0.142. The minimum Gasteiger partial charge on any atom is -0.467 e. The first-order chi connectivity index (χ1) is 10.1. The van der Waals surface area contributed by atoms with Crippen molar-refractivity contribution in [2.75, 3.05) is 12.8 Å². The Morgan fingerprint density at radius 3 is 2.71 bits per heavy atom. The van der Waals surface area contributed by atoms with Crippen molar-refractivity contribution >= 4 is 29.3 Å². The molecule has 1 aromatic carbocycles. The average molecular weight is 324 g/mol. The van der Waals surface area contributed by atoms with Crippen LogP contribution in [0.3, 0.4) is 0 Å². The highest BCUT2D eigenvalue weighted by Crippen LogP contribution is 2.21. The number of furan rings is 1. The van der Waals surface area contributed by atoms with Crippen LogP contribution in [0.5, 0.6) is 0 Å². The van der Waals surface area contributed by atoms with E-state index in [9.17, 15) is 4.79 Å². The molecule has 0 atom stereocenters. The molecule has 0 aliphatic heterocycles. The third kappa shape index (κ3) is 5.48. The molecule has 1 aromatic heterocycles. The number of nitrogens with zero attached hydrogens (tertiary/aromatic N) is 1. The van der Waals surface area contributed by atoms with Crippen LogP contribution in [-0.2, 0) is 11.3 Å². The van der Waals surface area contributed by atoms with Gasteiger partial charge in [0.25, 0.3) is 0 Å². The van der Waals surface area contributed by atoms with Gasteiger partial charge in [0.1, 0.15) is 5.76 Å². The van der Waals surface area contributed by atoms with Gasteiger partial charge in [-0.2, -0.15) is 0 Å². The fourth-order valence-electron chi connectivity index (χ4n) is 1.86. The molecule has 2 aromatic rings. The summed E-state index contributed by atoms with van der Waals surface area (Å²) in [5.74, 6) is 1.87. The van der Waals surface area contributed by atoms with Crippen LogP contribution in [0.25, 0.3) is 0 Å². The Labute approximate surface area is 134 Å². The normalized spacial score (nSPS) is 10.6. The Hall–Kier alpha value is -1.39. The number of hydrogen-bond donors (Lipinski definition) is 0. The lowest BCUT2D eigenvalue weighted by Gasteiger charge is -2.15. The number of carbonyl (C=O) groups excluding carboxylic acids is 1. The van der Waals surface area contributed by atoms with Crippen LogP contribution >= 0.6 is 23.4 Å². The zero-order valence-corrected chi connectivity index (χ0v) is 13.5. The second-order valence-corrected chi connectivity index (χ2v) is 6.34. The quantitative estimate of drug-likeness (QED) is 0.557. The van der Waals surface area contributed by atoms with Crippen molar-refractivity contribution in [1.29, 1.82) is 0 Å². The van der Waals surface area contributed by atoms with Crippen LogP contribution in [-0.4, -0.2) is 23.6 Å². The number of thioether (sulfide) groups is 1. The summed E-state index contributed by atoms with van der Waals surface area (Å²) in [5, 5.41) is 0.745. The summed E-state index contributed by atoms with van der Waals surface area (Å²) in [5.41, 5.74) is 0. The first kappa shape index (κ1) is 16.0. The van der Waals surface area contributed by atoms with E-state index >= 15 is 0 Å². The first-order valence-electron chi connectivity index (χ1n) is 6.80. The highest BCUT2D eigenvalue weighted by atomic mass is 35.5. The van der Waals surface area contributed by atoms with Gasteiger partial charge < -0.3 is 9.32 Å². The lowest BCUT2D eigenvalue weighted by molar-refractivity contribution is -0.130. The summed E-state index contributed by atoms with van der Waals surface area (Å²) in [6.07, 6.45) is 3.03. The molecular weight excluding hydrogens is 306 g/mol. The van der Waals surface area contributed by atoms with Crippen LogP contribution in [0, 0.1) is 0 Å². The van der Waals surface area contributed by atoms with E-state index in [2.05, 4.69) is 0 Å². The monoisotopic (exact) mass is 323 g/mol. The second-order valence-electron chi connectivity index (χ2n) is 4.74. The van der Waals surface area contributed by atoms with Crippen LogP contribution in [0.1, 0.15) is 18.6 Å². The Kier molecular flexibility index (Phi) is 6.21. The van der Waals surface area contributed by atoms with Crippen molar-refractivity contribution in [3.8, 4) is 0 Å². The molecule has 21 heavy (non-hydrogen) atoms. The molecule has 3 nitrogen and oxygen atoms in total. The van der Waals surface area contributed by atoms with E-state index in [-0.39, 0.29) is 5.91 Å². The third-order valence-corrected chi connectivity index (χ3v) is 4.37. The lowest BCUT2D eigenvalue weighted by Crippen LogP contribution is -2.25. The number of hydrogen-bond acceptors (Lipinski definition) is 3. The van der Waals surface area contributed by atoms with Gasteiger partial charge in [-0.05, 0) is 48.6 Å². The van der Waals surface area contributed by atoms with Gasteiger partial charge in [-0.15, -0.1) is 11.8 Å². The Morgan fingerprint density at radius 2 is 2.05 bits per heavy atom. The maximum absolute atomic E-state index is 12.0. The van der Waals surface area contributed by atoms with Gasteiger partial charge in [0.2, 0.25) is 5.91 Å². The number of benzene rings is 1. The van der Waals surface area contributed by atoms with Crippen LogP contribution in [0.4, 0.5) is 0 Å². The fraction of sp³-hybridized carbons (Fsp3) is 0.312. The maximum Gasteiger partial charge on any atom is 0.222 e. The average Bonchev–Trinajstić information content (AvgIpc) is 2.98. The third-order valence-electron chi connectivity index (χ3n) is 3.02. The highest BCUT2D eigenvalue weighted by Gasteiger charge is 2.10. The highest BCUT2D eigenvalue weighted by molar-refractivity contribution is 7.99. The van der Waals surface area contributed by atoms with Crippen molar-refractivity contribution in [3.63, 3.8) is 0 Å². The Morgan fingerprint density at radius 1 is 1.29 bits per heavy atom. The molecule has 0 radical (unpaired) electrons. The minimum absolute atomic E-state index is 0.142. The van der Waals surface area contributed by atoms with Crippen LogP contribution in [0.15, 0.2) is 52.0 Å². The van der Waals surface area contributed by atoms with E-state index in [1.807, 2.05) is 36.4 Å². The summed E-state index contributed by atoms with van der Waals surface area (Å²) < 4.78 is 5.24. The summed E-state index contributed by atoms with van der Waals surface area (Å²) in [4.78, 5) is 14.9. The number of amides is 1. The fourth-order valence-corrected chi connectivity index (χ4v) is 2.84. The predicted octanol–water partition coefficient (Wildman–Crippen LogP) is 4.46. The molecule has 0 aliphatic carbocycles. The van der Waals surface area contributed by atoms with Gasteiger partial charge in [0.05, 0.1) is 12.8 Å². The second kappa shape index (κ2) is 8.15. The lowest BCUT2D eigenvalue weighted by atomic mass is 10.3. The van der Waals surface area contributed by atoms with Crippen LogP contribution < -0.4 is 0 Å². The largest absolute Gasteiger partial charge is 0.467 e. The Bertz CT molecular complexity index is 554. The van der Waals surface area contributed by atoms with E-state index in [1.54, 1.807) is 30.0 Å². The molecule has 5 heteroatoms. The first-order valence-corrected chi connectivity index (χ1v) is 8.16. The van der Waals surface area contributed by atoms with Gasteiger partial charge in [-0.1, -0.05) is 11.6 Å². The molecular formula is C16H18ClNO2S. The molecule has 1 heterocycles. The molecule has 0 saturated heterocycles. The predicted molar refractivity (Wildman–Crippen MR) is 86.6 cm³/mol. The van der Waals surface area contributed by atoms with Crippen molar-refractivity contribution in [2.45, 2.75) is 24.3 Å². The molecule has 0 fully saturated rings. The summed E-state index contributed by atoms with van der Waals surface area (Å²) in [6.45, 7) is 0.524. The van der Waals surface area contributed by atoms with Crippen molar-refractivity contribution < 1.29 is 9.21 Å². The molecule has 112 valence electrons. The molecule has 2 rings (SSSR count). The smallest absolute Gasteiger partial charge is 0.222 e. The molecule has 1 amide bonds. The van der Waals surface area contributed by atoms with E-state index in [4.69, 9.17) is 16.0 Å². The molecule has 0 bridgehead atoms. The molecule has 0 spiro atoms. The molecule has 0 aliphatic rings. The van der Waals surface area contributed by atoms with E-state index in [0.717, 1.165) is 23.0 Å². The van der Waals surface area contributed by atoms with Gasteiger partial charge in [-0.25, -0.2) is 0 Å². The summed E-state index contributed by atoms with van der Waals surface area (Å²) in [7, 11) is 1.80. The molecule has 0 N–H and O–H groups in total. The SMILES string of the molecule is CN(Cc1ccco1)C(=O)CCCSc1ccc(Cl)cc1. The van der Waals surface area contributed by atoms with Gasteiger partial charge in [0, 0.05) is 23.4 Å². The van der Waals surface area contributed by atoms with E-state index < -0.39 is 0 Å². The molecule has 0 unspecified atom stereocenters. The van der Waals surface area contributed by atoms with E-state index in [1.165, 1.54) is 4.90 Å². The van der Waals surface area contributed by atoms with Crippen LogP contribution in [0.2, 0.25) is 5.02 Å². The van der Waals surface area contributed by atoms with Gasteiger partial charge in [-0.3, -0.25) is 4.79 Å². The number of carbonyl (C=O) groups is 1. The van der Waals surface area contributed by atoms with Gasteiger partial charge >= 0.3 is 0 Å². The zero-order chi connectivity index (χ0) is 15.1.